The normalized spacial score (nSPS) is 28.3. The van der Waals surface area contributed by atoms with Gasteiger partial charge in [0, 0.05) is 13.0 Å². The first-order valence-electron chi connectivity index (χ1n) is 3.72. The minimum Gasteiger partial charge on any atom is -0.353 e. The van der Waals surface area contributed by atoms with Crippen molar-refractivity contribution in [1.82, 2.24) is 0 Å². The van der Waals surface area contributed by atoms with Gasteiger partial charge >= 0.3 is 0 Å². The van der Waals surface area contributed by atoms with Crippen LogP contribution in [0.3, 0.4) is 0 Å². The van der Waals surface area contributed by atoms with Crippen molar-refractivity contribution in [2.45, 2.75) is 32.2 Å². The molecule has 1 rings (SSSR count). The molecule has 0 spiro atoms. The fourth-order valence-corrected chi connectivity index (χ4v) is 0.950. The van der Waals surface area contributed by atoms with E-state index in [4.69, 9.17) is 9.47 Å². The van der Waals surface area contributed by atoms with Crippen molar-refractivity contribution in [2.24, 2.45) is 0 Å². The molecular formula is C8H14O2. The van der Waals surface area contributed by atoms with Crippen LogP contribution in [0.15, 0.2) is 12.7 Å². The van der Waals surface area contributed by atoms with Gasteiger partial charge in [-0.05, 0) is 13.3 Å². The lowest BCUT2D eigenvalue weighted by molar-refractivity contribution is -0.126. The van der Waals surface area contributed by atoms with Crippen molar-refractivity contribution in [3.05, 3.63) is 12.7 Å². The molecule has 0 aromatic heterocycles. The van der Waals surface area contributed by atoms with Gasteiger partial charge in [0.2, 0.25) is 0 Å². The molecule has 0 amide bonds. The first-order valence-corrected chi connectivity index (χ1v) is 3.72. The maximum absolute atomic E-state index is 5.42. The maximum Gasteiger partial charge on any atom is 0.158 e. The molecule has 0 saturated carbocycles. The largest absolute Gasteiger partial charge is 0.353 e. The van der Waals surface area contributed by atoms with Crippen molar-refractivity contribution in [1.29, 1.82) is 0 Å². The van der Waals surface area contributed by atoms with Gasteiger partial charge < -0.3 is 9.47 Å². The quantitative estimate of drug-likeness (QED) is 0.558. The summed E-state index contributed by atoms with van der Waals surface area (Å²) in [6.07, 6.45) is 4.06. The summed E-state index contributed by atoms with van der Waals surface area (Å²) in [6.45, 7) is 6.43. The lowest BCUT2D eigenvalue weighted by Crippen LogP contribution is -2.16. The Balaban J connectivity index is 2.17. The van der Waals surface area contributed by atoms with E-state index < -0.39 is 0 Å². The molecule has 0 aromatic rings. The number of rotatable bonds is 3. The summed E-state index contributed by atoms with van der Waals surface area (Å²) < 4.78 is 10.7. The number of hydrogen-bond donors (Lipinski definition) is 0. The van der Waals surface area contributed by atoms with Crippen LogP contribution in [0, 0.1) is 0 Å². The predicted octanol–water partition coefficient (Wildman–Crippen LogP) is 1.71. The van der Waals surface area contributed by atoms with Gasteiger partial charge in [-0.2, -0.15) is 0 Å². The third kappa shape index (κ3) is 2.12. The Morgan fingerprint density at radius 3 is 3.10 bits per heavy atom. The summed E-state index contributed by atoms with van der Waals surface area (Å²) in [5.41, 5.74) is 0. The van der Waals surface area contributed by atoms with Crippen molar-refractivity contribution in [2.75, 3.05) is 6.61 Å². The zero-order chi connectivity index (χ0) is 7.40. The van der Waals surface area contributed by atoms with Crippen molar-refractivity contribution in [3.63, 3.8) is 0 Å². The van der Waals surface area contributed by atoms with Gasteiger partial charge in [0.05, 0.1) is 6.10 Å². The Bertz CT molecular complexity index is 106. The molecule has 0 aromatic carbocycles. The van der Waals surface area contributed by atoms with Crippen LogP contribution in [0.5, 0.6) is 0 Å². The molecular weight excluding hydrogens is 128 g/mol. The van der Waals surface area contributed by atoms with E-state index in [0.29, 0.717) is 0 Å². The molecule has 0 aliphatic carbocycles. The van der Waals surface area contributed by atoms with Gasteiger partial charge in [0.25, 0.3) is 0 Å². The molecule has 10 heavy (non-hydrogen) atoms. The molecule has 2 nitrogen and oxygen atoms in total. The van der Waals surface area contributed by atoms with E-state index in [1.807, 2.05) is 6.92 Å². The summed E-state index contributed by atoms with van der Waals surface area (Å²) in [5.74, 6) is 0. The highest BCUT2D eigenvalue weighted by molar-refractivity contribution is 4.76. The second-order valence-electron chi connectivity index (χ2n) is 2.52. The van der Waals surface area contributed by atoms with Crippen LogP contribution in [-0.4, -0.2) is 19.0 Å². The second kappa shape index (κ2) is 3.74. The highest BCUT2D eigenvalue weighted by atomic mass is 16.7. The monoisotopic (exact) mass is 142 g/mol. The van der Waals surface area contributed by atoms with E-state index in [9.17, 15) is 0 Å². The SMILES string of the molecule is C=CC(C)OC1CCCO1. The smallest absolute Gasteiger partial charge is 0.158 e. The summed E-state index contributed by atoms with van der Waals surface area (Å²) in [4.78, 5) is 0. The standard InChI is InChI=1S/C8H14O2/c1-3-7(2)10-8-5-4-6-9-8/h3,7-8H,1,4-6H2,2H3. The average molecular weight is 142 g/mol. The van der Waals surface area contributed by atoms with Crippen molar-refractivity contribution >= 4 is 0 Å². The van der Waals surface area contributed by atoms with Gasteiger partial charge in [-0.25, -0.2) is 0 Å². The lowest BCUT2D eigenvalue weighted by Gasteiger charge is -2.13. The van der Waals surface area contributed by atoms with Crippen LogP contribution in [0.2, 0.25) is 0 Å². The van der Waals surface area contributed by atoms with E-state index in [1.165, 1.54) is 0 Å². The van der Waals surface area contributed by atoms with Gasteiger partial charge in [-0.15, -0.1) is 6.58 Å². The van der Waals surface area contributed by atoms with E-state index in [1.54, 1.807) is 6.08 Å². The molecule has 1 saturated heterocycles. The minimum absolute atomic E-state index is 0.0213. The predicted molar refractivity (Wildman–Crippen MR) is 39.7 cm³/mol. The van der Waals surface area contributed by atoms with E-state index in [-0.39, 0.29) is 12.4 Å². The Morgan fingerprint density at radius 2 is 2.60 bits per heavy atom. The molecule has 0 bridgehead atoms. The molecule has 0 N–H and O–H groups in total. The first kappa shape index (κ1) is 7.76. The topological polar surface area (TPSA) is 18.5 Å². The van der Waals surface area contributed by atoms with Gasteiger partial charge in [-0.1, -0.05) is 6.08 Å². The third-order valence-corrected chi connectivity index (χ3v) is 1.59. The van der Waals surface area contributed by atoms with Crippen LogP contribution in [0.25, 0.3) is 0 Å². The Kier molecular flexibility index (Phi) is 2.90. The fourth-order valence-electron chi connectivity index (χ4n) is 0.950. The number of ether oxygens (including phenoxy) is 2. The van der Waals surface area contributed by atoms with Crippen molar-refractivity contribution in [3.8, 4) is 0 Å². The van der Waals surface area contributed by atoms with Crippen LogP contribution >= 0.6 is 0 Å². The molecule has 2 unspecified atom stereocenters. The molecule has 1 aliphatic rings. The summed E-state index contributed by atoms with van der Waals surface area (Å²) in [7, 11) is 0. The lowest BCUT2D eigenvalue weighted by atomic mass is 10.3. The van der Waals surface area contributed by atoms with Gasteiger partial charge in [0.15, 0.2) is 6.29 Å². The Hall–Kier alpha value is -0.340. The minimum atomic E-state index is 0.0213. The highest BCUT2D eigenvalue weighted by Crippen LogP contribution is 2.14. The van der Waals surface area contributed by atoms with Crippen LogP contribution in [0.1, 0.15) is 19.8 Å². The van der Waals surface area contributed by atoms with E-state index >= 15 is 0 Å². The Labute approximate surface area is 61.8 Å². The number of hydrogen-bond acceptors (Lipinski definition) is 2. The molecule has 1 fully saturated rings. The van der Waals surface area contributed by atoms with Crippen molar-refractivity contribution < 1.29 is 9.47 Å². The molecule has 2 atom stereocenters. The molecule has 1 heterocycles. The van der Waals surface area contributed by atoms with E-state index in [2.05, 4.69) is 6.58 Å². The third-order valence-electron chi connectivity index (χ3n) is 1.59. The van der Waals surface area contributed by atoms with Gasteiger partial charge in [0.1, 0.15) is 0 Å². The molecule has 2 heteroatoms. The summed E-state index contributed by atoms with van der Waals surface area (Å²) in [6, 6.07) is 0. The van der Waals surface area contributed by atoms with Crippen LogP contribution in [0.4, 0.5) is 0 Å². The second-order valence-corrected chi connectivity index (χ2v) is 2.52. The molecule has 0 radical (unpaired) electrons. The maximum atomic E-state index is 5.42. The summed E-state index contributed by atoms with van der Waals surface area (Å²) in [5, 5.41) is 0. The van der Waals surface area contributed by atoms with E-state index in [0.717, 1.165) is 19.4 Å². The first-order chi connectivity index (χ1) is 4.83. The zero-order valence-electron chi connectivity index (χ0n) is 6.38. The van der Waals surface area contributed by atoms with Crippen LogP contribution < -0.4 is 0 Å². The fraction of sp³-hybridized carbons (Fsp3) is 0.750. The average Bonchev–Trinajstić information content (AvgIpc) is 2.40. The zero-order valence-corrected chi connectivity index (χ0v) is 6.38. The molecule has 1 aliphatic heterocycles. The highest BCUT2D eigenvalue weighted by Gasteiger charge is 2.16. The van der Waals surface area contributed by atoms with Crippen LogP contribution in [-0.2, 0) is 9.47 Å². The Morgan fingerprint density at radius 1 is 1.80 bits per heavy atom. The molecule has 58 valence electrons. The van der Waals surface area contributed by atoms with Gasteiger partial charge in [-0.3, -0.25) is 0 Å². The summed E-state index contributed by atoms with van der Waals surface area (Å²) >= 11 is 0.